The van der Waals surface area contributed by atoms with Crippen LogP contribution in [0.5, 0.6) is 11.5 Å². The highest BCUT2D eigenvalue weighted by Crippen LogP contribution is 2.25. The zero-order chi connectivity index (χ0) is 26.6. The van der Waals surface area contributed by atoms with Crippen molar-refractivity contribution in [2.24, 2.45) is 0 Å². The third-order valence-electron chi connectivity index (χ3n) is 4.12. The first kappa shape index (κ1) is 29.5. The van der Waals surface area contributed by atoms with Gasteiger partial charge in [0, 0.05) is 35.7 Å². The number of hydrogen-bond donors (Lipinski definition) is 2. The maximum absolute atomic E-state index is 12.3. The van der Waals surface area contributed by atoms with E-state index in [1.54, 1.807) is 21.6 Å². The number of ether oxygens (including phenoxy) is 2. The van der Waals surface area contributed by atoms with Crippen molar-refractivity contribution in [2.75, 3.05) is 24.6 Å². The quantitative estimate of drug-likeness (QED) is 0.184. The second kappa shape index (κ2) is 14.1. The van der Waals surface area contributed by atoms with Gasteiger partial charge < -0.3 is 20.1 Å². The standard InChI is InChI=1S/C22H22F6N2O4S2/c23-21(24,25)33-17-7-1-5-15(13-17)19(31)29-9-3-11-35-36-12-4-10-30-20(32)16-6-2-8-18(14-16)34-22(26,27)28/h1-2,5-8,13-14H,3-4,9-12H2,(H,29,31)(H,30,32). The number of amides is 2. The Bertz CT molecular complexity index is 925. The van der Waals surface area contributed by atoms with Crippen molar-refractivity contribution in [2.45, 2.75) is 25.6 Å². The summed E-state index contributed by atoms with van der Waals surface area (Å²) in [7, 11) is 3.11. The minimum Gasteiger partial charge on any atom is -0.406 e. The van der Waals surface area contributed by atoms with E-state index in [1.165, 1.54) is 24.3 Å². The predicted octanol–water partition coefficient (Wildman–Crippen LogP) is 5.81. The highest BCUT2D eigenvalue weighted by Gasteiger charge is 2.32. The summed E-state index contributed by atoms with van der Waals surface area (Å²) in [4.78, 5) is 24.1. The highest BCUT2D eigenvalue weighted by molar-refractivity contribution is 8.76. The number of nitrogens with one attached hydrogen (secondary N) is 2. The van der Waals surface area contributed by atoms with Crippen molar-refractivity contribution in [1.29, 1.82) is 0 Å². The molecule has 0 bridgehead atoms. The van der Waals surface area contributed by atoms with Crippen LogP contribution in [0.3, 0.4) is 0 Å². The van der Waals surface area contributed by atoms with Gasteiger partial charge in [-0.1, -0.05) is 33.7 Å². The Kier molecular flexibility index (Phi) is 11.6. The van der Waals surface area contributed by atoms with E-state index in [4.69, 9.17) is 0 Å². The fraction of sp³-hybridized carbons (Fsp3) is 0.364. The molecule has 2 N–H and O–H groups in total. The van der Waals surface area contributed by atoms with Crippen LogP contribution in [-0.4, -0.2) is 49.1 Å². The second-order valence-corrected chi connectivity index (χ2v) is 9.72. The topological polar surface area (TPSA) is 76.7 Å². The van der Waals surface area contributed by atoms with Crippen LogP contribution in [0.25, 0.3) is 0 Å². The second-order valence-electron chi connectivity index (χ2n) is 7.01. The number of hydrogen-bond acceptors (Lipinski definition) is 6. The number of rotatable bonds is 13. The van der Waals surface area contributed by atoms with Gasteiger partial charge in [0.1, 0.15) is 11.5 Å². The Hall–Kier alpha value is -2.74. The van der Waals surface area contributed by atoms with Crippen molar-refractivity contribution in [3.63, 3.8) is 0 Å². The van der Waals surface area contributed by atoms with Crippen molar-refractivity contribution >= 4 is 33.4 Å². The van der Waals surface area contributed by atoms with Gasteiger partial charge in [0.25, 0.3) is 11.8 Å². The van der Waals surface area contributed by atoms with Gasteiger partial charge in [-0.3, -0.25) is 9.59 Å². The van der Waals surface area contributed by atoms with Crippen LogP contribution >= 0.6 is 21.6 Å². The number of halogens is 6. The largest absolute Gasteiger partial charge is 0.573 e. The summed E-state index contributed by atoms with van der Waals surface area (Å²) < 4.78 is 81.2. The molecule has 6 nitrogen and oxygen atoms in total. The molecular weight excluding hydrogens is 534 g/mol. The fourth-order valence-corrected chi connectivity index (χ4v) is 4.83. The van der Waals surface area contributed by atoms with Crippen LogP contribution in [-0.2, 0) is 0 Å². The number of alkyl halides is 6. The molecule has 0 spiro atoms. The molecule has 2 aromatic carbocycles. The first-order valence-electron chi connectivity index (χ1n) is 10.5. The molecule has 0 aromatic heterocycles. The molecule has 0 saturated carbocycles. The van der Waals surface area contributed by atoms with E-state index in [9.17, 15) is 35.9 Å². The summed E-state index contributed by atoms with van der Waals surface area (Å²) in [6.45, 7) is 0.674. The van der Waals surface area contributed by atoms with Gasteiger partial charge in [0.15, 0.2) is 0 Å². The molecule has 2 amide bonds. The van der Waals surface area contributed by atoms with Crippen LogP contribution in [0.2, 0.25) is 0 Å². The van der Waals surface area contributed by atoms with E-state index in [-0.39, 0.29) is 11.1 Å². The summed E-state index contributed by atoms with van der Waals surface area (Å²) in [5.41, 5.74) is 0.112. The van der Waals surface area contributed by atoms with Gasteiger partial charge in [-0.2, -0.15) is 0 Å². The number of carbonyl (C=O) groups is 2. The Labute approximate surface area is 210 Å². The zero-order valence-electron chi connectivity index (χ0n) is 18.6. The molecule has 0 aliphatic carbocycles. The molecule has 0 radical (unpaired) electrons. The van der Waals surface area contributed by atoms with E-state index in [0.717, 1.165) is 24.3 Å². The van der Waals surface area contributed by atoms with Gasteiger partial charge >= 0.3 is 12.7 Å². The van der Waals surface area contributed by atoms with E-state index in [2.05, 4.69) is 20.1 Å². The van der Waals surface area contributed by atoms with E-state index >= 15 is 0 Å². The van der Waals surface area contributed by atoms with Crippen molar-refractivity contribution in [3.8, 4) is 11.5 Å². The number of carbonyl (C=O) groups excluding carboxylic acids is 2. The van der Waals surface area contributed by atoms with Crippen LogP contribution in [0.4, 0.5) is 26.3 Å². The van der Waals surface area contributed by atoms with Crippen LogP contribution < -0.4 is 20.1 Å². The van der Waals surface area contributed by atoms with Crippen molar-refractivity contribution in [3.05, 3.63) is 59.7 Å². The molecule has 0 unspecified atom stereocenters. The molecule has 0 atom stereocenters. The molecule has 36 heavy (non-hydrogen) atoms. The molecular formula is C22H22F6N2O4S2. The number of benzene rings is 2. The molecule has 2 rings (SSSR count). The zero-order valence-corrected chi connectivity index (χ0v) is 20.2. The van der Waals surface area contributed by atoms with Crippen LogP contribution in [0, 0.1) is 0 Å². The summed E-state index contributed by atoms with van der Waals surface area (Å²) >= 11 is 0. The van der Waals surface area contributed by atoms with Gasteiger partial charge in [-0.05, 0) is 49.2 Å². The third-order valence-corrected chi connectivity index (χ3v) is 6.70. The predicted molar refractivity (Wildman–Crippen MR) is 125 cm³/mol. The first-order chi connectivity index (χ1) is 16.9. The lowest BCUT2D eigenvalue weighted by Crippen LogP contribution is -2.25. The highest BCUT2D eigenvalue weighted by atomic mass is 33.1. The normalized spacial score (nSPS) is 11.6. The Balaban J connectivity index is 1.54. The van der Waals surface area contributed by atoms with E-state index in [0.29, 0.717) is 37.4 Å². The van der Waals surface area contributed by atoms with Crippen molar-refractivity contribution in [1.82, 2.24) is 10.6 Å². The Morgan fingerprint density at radius 2 is 1.08 bits per heavy atom. The summed E-state index contributed by atoms with van der Waals surface area (Å²) in [5.74, 6) is -0.538. The minimum atomic E-state index is -4.84. The van der Waals surface area contributed by atoms with Gasteiger partial charge in [-0.25, -0.2) is 0 Å². The van der Waals surface area contributed by atoms with Gasteiger partial charge in [0.05, 0.1) is 0 Å². The van der Waals surface area contributed by atoms with Gasteiger partial charge in [-0.15, -0.1) is 26.3 Å². The molecule has 0 heterocycles. The molecule has 14 heteroatoms. The third kappa shape index (κ3) is 12.3. The SMILES string of the molecule is O=C(NCCCSSCCCNC(=O)c1cccc(OC(F)(F)F)c1)c1cccc(OC(F)(F)F)c1. The molecule has 0 aliphatic rings. The Morgan fingerprint density at radius 3 is 1.44 bits per heavy atom. The Morgan fingerprint density at radius 1 is 0.694 bits per heavy atom. The maximum Gasteiger partial charge on any atom is 0.573 e. The maximum atomic E-state index is 12.3. The molecule has 0 aliphatic heterocycles. The fourth-order valence-electron chi connectivity index (χ4n) is 2.66. The van der Waals surface area contributed by atoms with E-state index in [1.807, 2.05) is 0 Å². The van der Waals surface area contributed by atoms with E-state index < -0.39 is 36.0 Å². The average molecular weight is 557 g/mol. The van der Waals surface area contributed by atoms with Crippen LogP contribution in [0.1, 0.15) is 33.6 Å². The molecule has 198 valence electrons. The van der Waals surface area contributed by atoms with Crippen molar-refractivity contribution < 1.29 is 45.4 Å². The minimum absolute atomic E-state index is 0.0560. The summed E-state index contributed by atoms with van der Waals surface area (Å²) in [6.07, 6.45) is -8.41. The smallest absolute Gasteiger partial charge is 0.406 e. The molecule has 0 saturated heterocycles. The first-order valence-corrected chi connectivity index (χ1v) is 12.9. The molecule has 0 fully saturated rings. The monoisotopic (exact) mass is 556 g/mol. The lowest BCUT2D eigenvalue weighted by molar-refractivity contribution is -0.275. The molecule has 2 aromatic rings. The summed E-state index contributed by atoms with van der Waals surface area (Å²) in [5, 5.41) is 5.25. The van der Waals surface area contributed by atoms with Crippen LogP contribution in [0.15, 0.2) is 48.5 Å². The lowest BCUT2D eigenvalue weighted by Gasteiger charge is -2.10. The lowest BCUT2D eigenvalue weighted by atomic mass is 10.2. The summed E-state index contributed by atoms with van der Waals surface area (Å²) in [6, 6.07) is 9.60. The average Bonchev–Trinajstić information content (AvgIpc) is 2.78. The van der Waals surface area contributed by atoms with Gasteiger partial charge in [0.2, 0.25) is 0 Å².